The summed E-state index contributed by atoms with van der Waals surface area (Å²) < 4.78 is 5.95. The van der Waals surface area contributed by atoms with Crippen molar-refractivity contribution in [3.05, 3.63) is 0 Å². The number of morpholine rings is 1. The van der Waals surface area contributed by atoms with E-state index in [2.05, 4.69) is 4.90 Å². The van der Waals surface area contributed by atoms with Gasteiger partial charge in [-0.1, -0.05) is 6.42 Å². The highest BCUT2D eigenvalue weighted by Gasteiger charge is 2.42. The minimum absolute atomic E-state index is 0.0773. The first-order valence-corrected chi connectivity index (χ1v) is 8.33. The molecule has 4 fully saturated rings. The monoisotopic (exact) mass is 265 g/mol. The average molecular weight is 265 g/mol. The van der Waals surface area contributed by atoms with Crippen LogP contribution in [0.1, 0.15) is 44.9 Å². The zero-order chi connectivity index (χ0) is 12.8. The van der Waals surface area contributed by atoms with E-state index in [1.54, 1.807) is 0 Å². The molecule has 2 aliphatic carbocycles. The summed E-state index contributed by atoms with van der Waals surface area (Å²) in [5.41, 5.74) is 0. The molecule has 4 rings (SSSR count). The minimum Gasteiger partial charge on any atom is -0.390 e. The van der Waals surface area contributed by atoms with E-state index in [1.165, 1.54) is 45.1 Å². The van der Waals surface area contributed by atoms with Gasteiger partial charge < -0.3 is 9.84 Å². The summed E-state index contributed by atoms with van der Waals surface area (Å²) in [6.45, 7) is 3.02. The fourth-order valence-corrected chi connectivity index (χ4v) is 5.20. The minimum atomic E-state index is -0.231. The Kier molecular flexibility index (Phi) is 3.33. The Labute approximate surface area is 116 Å². The number of aliphatic hydroxyl groups is 1. The van der Waals surface area contributed by atoms with Crippen LogP contribution < -0.4 is 0 Å². The fraction of sp³-hybridized carbons (Fsp3) is 1.00. The van der Waals surface area contributed by atoms with Crippen LogP contribution >= 0.6 is 0 Å². The lowest BCUT2D eigenvalue weighted by molar-refractivity contribution is -0.108. The average Bonchev–Trinajstić information content (AvgIpc) is 3.13. The summed E-state index contributed by atoms with van der Waals surface area (Å²) in [4.78, 5) is 2.54. The van der Waals surface area contributed by atoms with Crippen LogP contribution in [0.25, 0.3) is 0 Å². The Bertz CT molecular complexity index is 335. The molecular weight excluding hydrogens is 238 g/mol. The largest absolute Gasteiger partial charge is 0.390 e. The molecule has 0 aromatic rings. The van der Waals surface area contributed by atoms with Crippen LogP contribution in [0.2, 0.25) is 0 Å². The van der Waals surface area contributed by atoms with E-state index in [-0.39, 0.29) is 12.2 Å². The predicted octanol–water partition coefficient (Wildman–Crippen LogP) is 2.04. The molecule has 19 heavy (non-hydrogen) atoms. The first-order chi connectivity index (χ1) is 9.29. The zero-order valence-corrected chi connectivity index (χ0v) is 11.8. The molecular formula is C16H27NO2. The second-order valence-corrected chi connectivity index (χ2v) is 7.40. The number of hydrogen-bond acceptors (Lipinski definition) is 3. The third-order valence-corrected chi connectivity index (χ3v) is 6.27. The smallest absolute Gasteiger partial charge is 0.0961 e. The van der Waals surface area contributed by atoms with Gasteiger partial charge in [0, 0.05) is 12.6 Å². The summed E-state index contributed by atoms with van der Waals surface area (Å²) in [7, 11) is 0. The second kappa shape index (κ2) is 5.01. The lowest BCUT2D eigenvalue weighted by Gasteiger charge is -2.38. The van der Waals surface area contributed by atoms with Crippen molar-refractivity contribution in [2.45, 2.75) is 63.2 Å². The maximum Gasteiger partial charge on any atom is 0.0961 e. The van der Waals surface area contributed by atoms with Crippen LogP contribution in [0, 0.1) is 17.8 Å². The number of nitrogens with zero attached hydrogens (tertiary/aromatic N) is 1. The molecule has 6 atom stereocenters. The first-order valence-electron chi connectivity index (χ1n) is 8.33. The molecule has 2 bridgehead atoms. The van der Waals surface area contributed by atoms with Gasteiger partial charge in [-0.2, -0.15) is 0 Å². The summed E-state index contributed by atoms with van der Waals surface area (Å²) in [5.74, 6) is 2.69. The number of fused-ring (bicyclic) bond motifs is 3. The van der Waals surface area contributed by atoms with Crippen molar-refractivity contribution in [2.24, 2.45) is 17.8 Å². The summed E-state index contributed by atoms with van der Waals surface area (Å²) >= 11 is 0. The SMILES string of the molecule is OC(CC1CC2CCC1C2)C1CN2CCCC2CO1. The Morgan fingerprint density at radius 1 is 1.21 bits per heavy atom. The van der Waals surface area contributed by atoms with Gasteiger partial charge in [0.1, 0.15) is 0 Å². The van der Waals surface area contributed by atoms with E-state index in [9.17, 15) is 5.11 Å². The van der Waals surface area contributed by atoms with Crippen molar-refractivity contribution in [1.29, 1.82) is 0 Å². The summed E-state index contributed by atoms with van der Waals surface area (Å²) in [6, 6.07) is 0.644. The Morgan fingerprint density at radius 2 is 2.16 bits per heavy atom. The van der Waals surface area contributed by atoms with Gasteiger partial charge in [0.05, 0.1) is 18.8 Å². The number of rotatable bonds is 3. The highest BCUT2D eigenvalue weighted by Crippen LogP contribution is 2.50. The van der Waals surface area contributed by atoms with E-state index in [0.29, 0.717) is 6.04 Å². The Balaban J connectivity index is 1.32. The van der Waals surface area contributed by atoms with E-state index >= 15 is 0 Å². The molecule has 2 saturated heterocycles. The predicted molar refractivity (Wildman–Crippen MR) is 73.9 cm³/mol. The Hall–Kier alpha value is -0.120. The van der Waals surface area contributed by atoms with E-state index in [4.69, 9.17) is 4.74 Å². The quantitative estimate of drug-likeness (QED) is 0.847. The molecule has 6 unspecified atom stereocenters. The van der Waals surface area contributed by atoms with Gasteiger partial charge in [0.25, 0.3) is 0 Å². The molecule has 2 saturated carbocycles. The highest BCUT2D eigenvalue weighted by molar-refractivity contribution is 4.93. The summed E-state index contributed by atoms with van der Waals surface area (Å²) in [6.07, 6.45) is 9.12. The topological polar surface area (TPSA) is 32.7 Å². The number of hydrogen-bond donors (Lipinski definition) is 1. The van der Waals surface area contributed by atoms with Crippen LogP contribution in [0.5, 0.6) is 0 Å². The molecule has 0 spiro atoms. The molecule has 1 N–H and O–H groups in total. The lowest BCUT2D eigenvalue weighted by Crippen LogP contribution is -2.50. The van der Waals surface area contributed by atoms with Gasteiger partial charge in [-0.25, -0.2) is 0 Å². The maximum absolute atomic E-state index is 10.5. The van der Waals surface area contributed by atoms with Gasteiger partial charge in [-0.3, -0.25) is 4.90 Å². The highest BCUT2D eigenvalue weighted by atomic mass is 16.5. The number of ether oxygens (including phenoxy) is 1. The zero-order valence-electron chi connectivity index (χ0n) is 11.8. The molecule has 0 aromatic heterocycles. The van der Waals surface area contributed by atoms with E-state index in [1.807, 2.05) is 0 Å². The fourth-order valence-electron chi connectivity index (χ4n) is 5.20. The first kappa shape index (κ1) is 12.6. The van der Waals surface area contributed by atoms with Crippen LogP contribution in [0.3, 0.4) is 0 Å². The van der Waals surface area contributed by atoms with Crippen molar-refractivity contribution in [2.75, 3.05) is 19.7 Å². The van der Waals surface area contributed by atoms with Crippen LogP contribution in [0.15, 0.2) is 0 Å². The molecule has 0 amide bonds. The van der Waals surface area contributed by atoms with Gasteiger partial charge in [0.15, 0.2) is 0 Å². The van der Waals surface area contributed by atoms with Crippen molar-refractivity contribution in [3.63, 3.8) is 0 Å². The van der Waals surface area contributed by atoms with Crippen molar-refractivity contribution < 1.29 is 9.84 Å². The molecule has 108 valence electrons. The van der Waals surface area contributed by atoms with E-state index in [0.717, 1.165) is 37.3 Å². The molecule has 3 nitrogen and oxygen atoms in total. The molecule has 0 aromatic carbocycles. The normalized spacial score (nSPS) is 47.5. The molecule has 2 heterocycles. The van der Waals surface area contributed by atoms with Gasteiger partial charge in [0.2, 0.25) is 0 Å². The third kappa shape index (κ3) is 2.34. The van der Waals surface area contributed by atoms with Crippen LogP contribution in [-0.2, 0) is 4.74 Å². The third-order valence-electron chi connectivity index (χ3n) is 6.27. The van der Waals surface area contributed by atoms with Crippen molar-refractivity contribution in [1.82, 2.24) is 4.90 Å². The molecule has 3 heteroatoms. The molecule has 2 aliphatic heterocycles. The lowest BCUT2D eigenvalue weighted by atomic mass is 9.84. The standard InChI is InChI=1S/C16H27NO2/c18-15(8-13-7-11-3-4-12(13)6-11)16-9-17-5-1-2-14(17)10-19-16/h11-16,18H,1-10H2. The van der Waals surface area contributed by atoms with Crippen molar-refractivity contribution >= 4 is 0 Å². The van der Waals surface area contributed by atoms with E-state index < -0.39 is 0 Å². The Morgan fingerprint density at radius 3 is 2.95 bits per heavy atom. The second-order valence-electron chi connectivity index (χ2n) is 7.40. The van der Waals surface area contributed by atoms with Crippen LogP contribution in [-0.4, -0.2) is 48.0 Å². The van der Waals surface area contributed by atoms with Crippen LogP contribution in [0.4, 0.5) is 0 Å². The molecule has 4 aliphatic rings. The van der Waals surface area contributed by atoms with Crippen molar-refractivity contribution in [3.8, 4) is 0 Å². The maximum atomic E-state index is 10.5. The summed E-state index contributed by atoms with van der Waals surface area (Å²) in [5, 5.41) is 10.5. The molecule has 0 radical (unpaired) electrons. The van der Waals surface area contributed by atoms with Gasteiger partial charge in [-0.05, 0) is 62.8 Å². The van der Waals surface area contributed by atoms with Gasteiger partial charge >= 0.3 is 0 Å². The number of aliphatic hydroxyl groups excluding tert-OH is 1. The van der Waals surface area contributed by atoms with Gasteiger partial charge in [-0.15, -0.1) is 0 Å².